The van der Waals surface area contributed by atoms with E-state index in [0.29, 0.717) is 5.56 Å². The Bertz CT molecular complexity index is 458. The van der Waals surface area contributed by atoms with Crippen molar-refractivity contribution in [2.45, 2.75) is 19.4 Å². The van der Waals surface area contributed by atoms with E-state index in [-0.39, 0.29) is 5.91 Å². The molecule has 0 aliphatic carbocycles. The van der Waals surface area contributed by atoms with E-state index >= 15 is 0 Å². The summed E-state index contributed by atoms with van der Waals surface area (Å²) >= 11 is 3.34. The molecule has 1 aromatic rings. The van der Waals surface area contributed by atoms with E-state index in [0.717, 1.165) is 4.47 Å². The van der Waals surface area contributed by atoms with Crippen LogP contribution in [0, 0.1) is 0 Å². The van der Waals surface area contributed by atoms with E-state index < -0.39 is 11.5 Å². The maximum absolute atomic E-state index is 12.0. The van der Waals surface area contributed by atoms with Crippen molar-refractivity contribution in [2.24, 2.45) is 0 Å². The SMILES string of the molecule is COC(=O)[C@](C)(c1ccc(Br)cc1)N(C)C(C)=O. The van der Waals surface area contributed by atoms with Crippen LogP contribution in [0.15, 0.2) is 28.7 Å². The Hall–Kier alpha value is -1.36. The molecule has 4 nitrogen and oxygen atoms in total. The summed E-state index contributed by atoms with van der Waals surface area (Å²) in [6, 6.07) is 7.23. The topological polar surface area (TPSA) is 46.6 Å². The lowest BCUT2D eigenvalue weighted by atomic mass is 9.90. The van der Waals surface area contributed by atoms with Gasteiger partial charge < -0.3 is 9.64 Å². The second kappa shape index (κ2) is 5.52. The third-order valence-electron chi connectivity index (χ3n) is 3.13. The second-order valence-corrected chi connectivity index (χ2v) is 5.06. The predicted octanol–water partition coefficient (Wildman–Crippen LogP) is 2.32. The summed E-state index contributed by atoms with van der Waals surface area (Å²) < 4.78 is 5.73. The lowest BCUT2D eigenvalue weighted by Gasteiger charge is -2.36. The summed E-state index contributed by atoms with van der Waals surface area (Å²) in [5.74, 6) is -0.673. The molecule has 1 aromatic carbocycles. The highest BCUT2D eigenvalue weighted by atomic mass is 79.9. The number of benzene rings is 1. The van der Waals surface area contributed by atoms with E-state index in [2.05, 4.69) is 15.9 Å². The maximum Gasteiger partial charge on any atom is 0.336 e. The predicted molar refractivity (Wildman–Crippen MR) is 72.0 cm³/mol. The average Bonchev–Trinajstić information content (AvgIpc) is 2.36. The van der Waals surface area contributed by atoms with Crippen molar-refractivity contribution in [3.8, 4) is 0 Å². The van der Waals surface area contributed by atoms with Gasteiger partial charge in [0.1, 0.15) is 0 Å². The van der Waals surface area contributed by atoms with Crippen molar-refractivity contribution in [1.29, 1.82) is 0 Å². The summed E-state index contributed by atoms with van der Waals surface area (Å²) in [6.07, 6.45) is 0. The van der Waals surface area contributed by atoms with E-state index in [1.807, 2.05) is 12.1 Å². The van der Waals surface area contributed by atoms with Crippen LogP contribution in [-0.2, 0) is 19.9 Å². The van der Waals surface area contributed by atoms with Crippen molar-refractivity contribution in [3.63, 3.8) is 0 Å². The Balaban J connectivity index is 3.32. The number of amides is 1. The minimum absolute atomic E-state index is 0.203. The fourth-order valence-corrected chi connectivity index (χ4v) is 2.00. The first-order chi connectivity index (χ1) is 8.33. The Morgan fingerprint density at radius 1 is 1.28 bits per heavy atom. The molecule has 98 valence electrons. The molecule has 0 aliphatic heterocycles. The molecule has 0 aromatic heterocycles. The lowest BCUT2D eigenvalue weighted by Crippen LogP contribution is -2.50. The zero-order chi connectivity index (χ0) is 13.9. The molecule has 0 saturated heterocycles. The van der Waals surface area contributed by atoms with Crippen LogP contribution in [-0.4, -0.2) is 30.9 Å². The van der Waals surface area contributed by atoms with Gasteiger partial charge in [-0.1, -0.05) is 28.1 Å². The first-order valence-electron chi connectivity index (χ1n) is 5.43. The first-order valence-corrected chi connectivity index (χ1v) is 6.22. The van der Waals surface area contributed by atoms with Crippen molar-refractivity contribution in [2.75, 3.05) is 14.2 Å². The molecule has 0 saturated carbocycles. The molecule has 0 spiro atoms. The maximum atomic E-state index is 12.0. The number of esters is 1. The molecule has 1 rings (SSSR count). The molecule has 0 aliphatic rings. The van der Waals surface area contributed by atoms with E-state index in [4.69, 9.17) is 4.74 Å². The summed E-state index contributed by atoms with van der Waals surface area (Å²) in [4.78, 5) is 25.0. The largest absolute Gasteiger partial charge is 0.467 e. The van der Waals surface area contributed by atoms with Crippen LogP contribution in [0.25, 0.3) is 0 Å². The minimum atomic E-state index is -1.12. The molecule has 0 unspecified atom stereocenters. The zero-order valence-electron chi connectivity index (χ0n) is 10.9. The van der Waals surface area contributed by atoms with Crippen LogP contribution >= 0.6 is 15.9 Å². The number of likely N-dealkylation sites (N-methyl/N-ethyl adjacent to an activating group) is 1. The van der Waals surface area contributed by atoms with Gasteiger partial charge in [0.15, 0.2) is 5.54 Å². The van der Waals surface area contributed by atoms with Crippen molar-refractivity contribution < 1.29 is 14.3 Å². The second-order valence-electron chi connectivity index (χ2n) is 4.15. The van der Waals surface area contributed by atoms with Crippen LogP contribution in [0.3, 0.4) is 0 Å². The molecule has 0 heterocycles. The van der Waals surface area contributed by atoms with Gasteiger partial charge in [0.2, 0.25) is 5.91 Å². The van der Waals surface area contributed by atoms with Crippen molar-refractivity contribution in [3.05, 3.63) is 34.3 Å². The molecule has 0 bridgehead atoms. The van der Waals surface area contributed by atoms with Crippen LogP contribution in [0.1, 0.15) is 19.4 Å². The summed E-state index contributed by atoms with van der Waals surface area (Å²) in [6.45, 7) is 3.09. The van der Waals surface area contributed by atoms with Gasteiger partial charge >= 0.3 is 5.97 Å². The smallest absolute Gasteiger partial charge is 0.336 e. The summed E-state index contributed by atoms with van der Waals surface area (Å²) in [7, 11) is 2.90. The summed E-state index contributed by atoms with van der Waals surface area (Å²) in [5, 5.41) is 0. The number of hydrogen-bond acceptors (Lipinski definition) is 3. The normalized spacial score (nSPS) is 13.6. The lowest BCUT2D eigenvalue weighted by molar-refractivity contribution is -0.159. The Morgan fingerprint density at radius 3 is 2.17 bits per heavy atom. The highest BCUT2D eigenvalue weighted by Gasteiger charge is 2.41. The number of ether oxygens (including phenoxy) is 1. The fourth-order valence-electron chi connectivity index (χ4n) is 1.74. The van der Waals surface area contributed by atoms with Crippen LogP contribution < -0.4 is 0 Å². The molecule has 0 radical (unpaired) electrons. The summed E-state index contributed by atoms with van der Waals surface area (Å²) in [5.41, 5.74) is -0.420. The number of carbonyl (C=O) groups excluding carboxylic acids is 2. The fraction of sp³-hybridized carbons (Fsp3) is 0.385. The number of methoxy groups -OCH3 is 1. The van der Waals surface area contributed by atoms with Crippen LogP contribution in [0.5, 0.6) is 0 Å². The van der Waals surface area contributed by atoms with E-state index in [1.165, 1.54) is 18.9 Å². The Labute approximate surface area is 115 Å². The molecule has 18 heavy (non-hydrogen) atoms. The first kappa shape index (κ1) is 14.7. The zero-order valence-corrected chi connectivity index (χ0v) is 12.4. The highest BCUT2D eigenvalue weighted by Crippen LogP contribution is 2.29. The molecular formula is C13H16BrNO3. The number of halogens is 1. The van der Waals surface area contributed by atoms with Gasteiger partial charge in [0, 0.05) is 18.4 Å². The van der Waals surface area contributed by atoms with Gasteiger partial charge in [-0.3, -0.25) is 4.79 Å². The molecule has 0 N–H and O–H groups in total. The number of carbonyl (C=O) groups is 2. The van der Waals surface area contributed by atoms with Crippen LogP contribution in [0.4, 0.5) is 0 Å². The number of nitrogens with zero attached hydrogens (tertiary/aromatic N) is 1. The van der Waals surface area contributed by atoms with Gasteiger partial charge in [-0.25, -0.2) is 4.79 Å². The van der Waals surface area contributed by atoms with Crippen molar-refractivity contribution >= 4 is 27.8 Å². The average molecular weight is 314 g/mol. The van der Waals surface area contributed by atoms with Gasteiger partial charge in [-0.15, -0.1) is 0 Å². The molecule has 1 atom stereocenters. The van der Waals surface area contributed by atoms with Gasteiger partial charge in [0.25, 0.3) is 0 Å². The van der Waals surface area contributed by atoms with Crippen LogP contribution in [0.2, 0.25) is 0 Å². The molecule has 5 heteroatoms. The van der Waals surface area contributed by atoms with E-state index in [1.54, 1.807) is 26.1 Å². The van der Waals surface area contributed by atoms with Crippen molar-refractivity contribution in [1.82, 2.24) is 4.90 Å². The third-order valence-corrected chi connectivity index (χ3v) is 3.66. The minimum Gasteiger partial charge on any atom is -0.467 e. The highest BCUT2D eigenvalue weighted by molar-refractivity contribution is 9.10. The molecule has 0 fully saturated rings. The molecular weight excluding hydrogens is 298 g/mol. The quantitative estimate of drug-likeness (QED) is 0.805. The standard InChI is InChI=1S/C13H16BrNO3/c1-9(16)15(3)13(2,12(17)18-4)10-5-7-11(14)8-6-10/h5-8H,1-4H3/t13-/m0/s1. The number of hydrogen-bond donors (Lipinski definition) is 0. The van der Waals surface area contributed by atoms with E-state index in [9.17, 15) is 9.59 Å². The monoisotopic (exact) mass is 313 g/mol. The Kier molecular flexibility index (Phi) is 4.51. The van der Waals surface area contributed by atoms with Gasteiger partial charge in [-0.05, 0) is 24.6 Å². The Morgan fingerprint density at radius 2 is 1.78 bits per heavy atom. The molecule has 1 amide bonds. The van der Waals surface area contributed by atoms with Gasteiger partial charge in [0.05, 0.1) is 7.11 Å². The third kappa shape index (κ3) is 2.56. The number of rotatable bonds is 3. The van der Waals surface area contributed by atoms with Gasteiger partial charge in [-0.2, -0.15) is 0 Å².